The molecule has 0 radical (unpaired) electrons. The molecule has 12 heteroatoms. The molecule has 0 unspecified atom stereocenters. The number of aromatic nitrogens is 3. The smallest absolute Gasteiger partial charge is 0.246 e. The first-order valence-corrected chi connectivity index (χ1v) is 11.4. The Morgan fingerprint density at radius 3 is 2.48 bits per heavy atom. The number of rotatable bonds is 5. The van der Waals surface area contributed by atoms with Crippen molar-refractivity contribution in [1.82, 2.24) is 24.2 Å². The molecule has 4 rings (SSSR count). The highest BCUT2D eigenvalue weighted by Gasteiger charge is 2.31. The van der Waals surface area contributed by atoms with Crippen molar-refractivity contribution < 1.29 is 22.0 Å². The van der Waals surface area contributed by atoms with Gasteiger partial charge >= 0.3 is 0 Å². The third kappa shape index (κ3) is 4.45. The Bertz CT molecular complexity index is 1310. The van der Waals surface area contributed by atoms with Gasteiger partial charge in [0.25, 0.3) is 0 Å². The quantitative estimate of drug-likeness (QED) is 0.553. The van der Waals surface area contributed by atoms with Crippen LogP contribution in [0.25, 0.3) is 11.3 Å². The van der Waals surface area contributed by atoms with Crippen LogP contribution in [-0.2, 0) is 10.0 Å². The van der Waals surface area contributed by atoms with Crippen molar-refractivity contribution in [3.63, 3.8) is 0 Å². The Hall–Kier alpha value is -3.35. The average Bonchev–Trinajstić information content (AvgIpc) is 2.80. The molecule has 1 aromatic carbocycles. The maximum Gasteiger partial charge on any atom is 0.246 e. The second-order valence-corrected chi connectivity index (χ2v) is 9.44. The van der Waals surface area contributed by atoms with E-state index in [9.17, 15) is 22.0 Å². The fourth-order valence-electron chi connectivity index (χ4n) is 3.42. The van der Waals surface area contributed by atoms with Gasteiger partial charge in [-0.1, -0.05) is 0 Å². The molecular formula is C21H20F2N6O3S. The summed E-state index contributed by atoms with van der Waals surface area (Å²) in [5.74, 6) is -3.06. The van der Waals surface area contributed by atoms with Crippen LogP contribution < -0.4 is 5.73 Å². The van der Waals surface area contributed by atoms with E-state index in [1.54, 1.807) is 6.07 Å². The first-order valence-electron chi connectivity index (χ1n) is 9.94. The minimum absolute atomic E-state index is 0.163. The lowest BCUT2D eigenvalue weighted by atomic mass is 10.1. The minimum Gasteiger partial charge on any atom is -0.382 e. The summed E-state index contributed by atoms with van der Waals surface area (Å²) in [7, 11) is -2.37. The molecule has 0 saturated carbocycles. The lowest BCUT2D eigenvalue weighted by molar-refractivity contribution is 0.103. The standard InChI is InChI=1S/C21H20F2N6O3S/c1-28-5-7-29(8-6-28)33(31,32)18-9-14(15(22)10-16(18)23)17-12-26-21(24)19(27-17)20(30)13-3-2-4-25-11-13/h2-4,9-12H,5-8H2,1H3,(H2,24,26). The van der Waals surface area contributed by atoms with Crippen LogP contribution >= 0.6 is 0 Å². The summed E-state index contributed by atoms with van der Waals surface area (Å²) < 4.78 is 56.6. The third-order valence-electron chi connectivity index (χ3n) is 5.32. The molecule has 0 bridgehead atoms. The predicted octanol–water partition coefficient (Wildman–Crippen LogP) is 1.57. The molecule has 0 aliphatic carbocycles. The zero-order valence-electron chi connectivity index (χ0n) is 17.6. The average molecular weight is 474 g/mol. The molecule has 2 aromatic heterocycles. The summed E-state index contributed by atoms with van der Waals surface area (Å²) >= 11 is 0. The molecule has 0 amide bonds. The van der Waals surface area contributed by atoms with Gasteiger partial charge in [-0.25, -0.2) is 27.2 Å². The molecule has 3 aromatic rings. The molecule has 2 N–H and O–H groups in total. The number of piperazine rings is 1. The second-order valence-electron chi connectivity index (χ2n) is 7.53. The summed E-state index contributed by atoms with van der Waals surface area (Å²) in [6, 6.07) is 4.41. The summed E-state index contributed by atoms with van der Waals surface area (Å²) in [6.45, 7) is 1.32. The zero-order chi connectivity index (χ0) is 23.8. The largest absolute Gasteiger partial charge is 0.382 e. The van der Waals surface area contributed by atoms with E-state index in [4.69, 9.17) is 5.73 Å². The van der Waals surface area contributed by atoms with E-state index >= 15 is 0 Å². The van der Waals surface area contributed by atoms with Crippen LogP contribution in [-0.4, -0.2) is 71.6 Å². The van der Waals surface area contributed by atoms with Crippen molar-refractivity contribution in [3.8, 4) is 11.3 Å². The highest BCUT2D eigenvalue weighted by Crippen LogP contribution is 2.29. The van der Waals surface area contributed by atoms with E-state index in [0.717, 1.165) is 16.6 Å². The Labute approximate surface area is 189 Å². The fourth-order valence-corrected chi connectivity index (χ4v) is 4.91. The number of carbonyl (C=O) groups is 1. The number of sulfonamides is 1. The molecule has 3 heterocycles. The van der Waals surface area contributed by atoms with Crippen molar-refractivity contribution in [2.75, 3.05) is 39.0 Å². The number of hydrogen-bond donors (Lipinski definition) is 1. The zero-order valence-corrected chi connectivity index (χ0v) is 18.4. The minimum atomic E-state index is -4.22. The van der Waals surface area contributed by atoms with Crippen molar-refractivity contribution >= 4 is 21.6 Å². The van der Waals surface area contributed by atoms with Crippen molar-refractivity contribution in [3.05, 3.63) is 65.7 Å². The summed E-state index contributed by atoms with van der Waals surface area (Å²) in [5, 5.41) is 0. The van der Waals surface area contributed by atoms with E-state index in [0.29, 0.717) is 19.2 Å². The van der Waals surface area contributed by atoms with E-state index in [2.05, 4.69) is 15.0 Å². The van der Waals surface area contributed by atoms with Crippen molar-refractivity contribution in [2.45, 2.75) is 4.90 Å². The molecular weight excluding hydrogens is 454 g/mol. The molecule has 1 fully saturated rings. The van der Waals surface area contributed by atoms with E-state index in [-0.39, 0.29) is 41.4 Å². The number of pyridine rings is 1. The van der Waals surface area contributed by atoms with Gasteiger partial charge in [0, 0.05) is 55.8 Å². The first-order chi connectivity index (χ1) is 15.7. The summed E-state index contributed by atoms with van der Waals surface area (Å²) in [4.78, 5) is 25.9. The van der Waals surface area contributed by atoms with Gasteiger partial charge in [-0.3, -0.25) is 9.78 Å². The highest BCUT2D eigenvalue weighted by atomic mass is 32.2. The lowest BCUT2D eigenvalue weighted by Crippen LogP contribution is -2.47. The predicted molar refractivity (Wildman–Crippen MR) is 116 cm³/mol. The summed E-state index contributed by atoms with van der Waals surface area (Å²) in [5.41, 5.74) is 5.25. The summed E-state index contributed by atoms with van der Waals surface area (Å²) in [6.07, 6.45) is 3.89. The number of nitrogens with zero attached hydrogens (tertiary/aromatic N) is 5. The molecule has 0 atom stereocenters. The number of halogens is 2. The number of hydrogen-bond acceptors (Lipinski definition) is 8. The van der Waals surface area contributed by atoms with Crippen molar-refractivity contribution in [2.24, 2.45) is 0 Å². The molecule has 1 aliphatic rings. The van der Waals surface area contributed by atoms with Gasteiger partial charge in [-0.15, -0.1) is 0 Å². The normalized spacial score (nSPS) is 15.5. The first kappa shape index (κ1) is 22.8. The van der Waals surface area contributed by atoms with E-state index < -0.39 is 32.3 Å². The molecule has 1 saturated heterocycles. The van der Waals surface area contributed by atoms with Gasteiger partial charge in [0.2, 0.25) is 15.8 Å². The molecule has 172 valence electrons. The second kappa shape index (κ2) is 8.89. The van der Waals surface area contributed by atoms with Gasteiger partial charge in [0.05, 0.1) is 11.9 Å². The van der Waals surface area contributed by atoms with Gasteiger partial charge in [0.1, 0.15) is 16.5 Å². The van der Waals surface area contributed by atoms with Gasteiger partial charge in [0.15, 0.2) is 11.5 Å². The molecule has 0 spiro atoms. The Kier molecular flexibility index (Phi) is 6.15. The Morgan fingerprint density at radius 1 is 1.09 bits per heavy atom. The number of anilines is 1. The van der Waals surface area contributed by atoms with Crippen LogP contribution in [0.1, 0.15) is 16.1 Å². The molecule has 9 nitrogen and oxygen atoms in total. The van der Waals surface area contributed by atoms with Crippen LogP contribution in [0.5, 0.6) is 0 Å². The van der Waals surface area contributed by atoms with Crippen LogP contribution in [0.4, 0.5) is 14.6 Å². The number of benzene rings is 1. The number of nitrogens with two attached hydrogens (primary N) is 1. The van der Waals surface area contributed by atoms with E-state index in [1.807, 2.05) is 11.9 Å². The Morgan fingerprint density at radius 2 is 1.82 bits per heavy atom. The number of likely N-dealkylation sites (N-methyl/N-ethyl adjacent to an activating group) is 1. The van der Waals surface area contributed by atoms with E-state index in [1.165, 1.54) is 18.5 Å². The lowest BCUT2D eigenvalue weighted by Gasteiger charge is -2.31. The maximum absolute atomic E-state index is 14.7. The van der Waals surface area contributed by atoms with Gasteiger partial charge in [-0.2, -0.15) is 4.31 Å². The molecule has 1 aliphatic heterocycles. The van der Waals surface area contributed by atoms with Crippen LogP contribution in [0.3, 0.4) is 0 Å². The van der Waals surface area contributed by atoms with Crippen molar-refractivity contribution in [1.29, 1.82) is 0 Å². The SMILES string of the molecule is CN1CCN(S(=O)(=O)c2cc(-c3cnc(N)c(C(=O)c4cccnc4)n3)c(F)cc2F)CC1. The number of nitrogen functional groups attached to an aromatic ring is 1. The fraction of sp³-hybridized carbons (Fsp3) is 0.238. The third-order valence-corrected chi connectivity index (χ3v) is 7.23. The van der Waals surface area contributed by atoms with Crippen LogP contribution in [0, 0.1) is 11.6 Å². The highest BCUT2D eigenvalue weighted by molar-refractivity contribution is 7.89. The van der Waals surface area contributed by atoms with Gasteiger partial charge in [-0.05, 0) is 25.2 Å². The monoisotopic (exact) mass is 474 g/mol. The number of ketones is 1. The maximum atomic E-state index is 14.7. The topological polar surface area (TPSA) is 122 Å². The van der Waals surface area contributed by atoms with Gasteiger partial charge < -0.3 is 10.6 Å². The van der Waals surface area contributed by atoms with Crippen LogP contribution in [0.15, 0.2) is 47.8 Å². The van der Waals surface area contributed by atoms with Crippen LogP contribution in [0.2, 0.25) is 0 Å². The molecule has 33 heavy (non-hydrogen) atoms. The number of carbonyl (C=O) groups excluding carboxylic acids is 1. The Balaban J connectivity index is 1.77.